The van der Waals surface area contributed by atoms with E-state index in [2.05, 4.69) is 15.7 Å². The minimum atomic E-state index is -0.791. The van der Waals surface area contributed by atoms with Gasteiger partial charge in [-0.05, 0) is 30.3 Å². The number of hydrogen-bond acceptors (Lipinski definition) is 4. The van der Waals surface area contributed by atoms with E-state index in [1.807, 2.05) is 0 Å². The SMILES string of the molecule is Cn1nc(-c2ccc(NC=O)c(F)c2)cc1NC(=O)c1ccc(C#N)c(F)c1. The van der Waals surface area contributed by atoms with E-state index in [1.165, 1.54) is 35.0 Å². The quantitative estimate of drug-likeness (QED) is 0.664. The third kappa shape index (κ3) is 3.71. The lowest BCUT2D eigenvalue weighted by molar-refractivity contribution is -0.105. The van der Waals surface area contributed by atoms with Crippen LogP contribution in [0.1, 0.15) is 15.9 Å². The molecule has 0 aliphatic rings. The average Bonchev–Trinajstić information content (AvgIpc) is 3.04. The summed E-state index contributed by atoms with van der Waals surface area (Å²) in [4.78, 5) is 22.8. The molecule has 1 aromatic heterocycles. The summed E-state index contributed by atoms with van der Waals surface area (Å²) in [5, 5.41) is 17.8. The summed E-state index contributed by atoms with van der Waals surface area (Å²) >= 11 is 0. The minimum absolute atomic E-state index is 0.0334. The van der Waals surface area contributed by atoms with Crippen LogP contribution in [0, 0.1) is 23.0 Å². The predicted molar refractivity (Wildman–Crippen MR) is 97.4 cm³/mol. The molecule has 0 saturated carbocycles. The van der Waals surface area contributed by atoms with Gasteiger partial charge in [0.2, 0.25) is 6.41 Å². The fourth-order valence-corrected chi connectivity index (χ4v) is 2.52. The van der Waals surface area contributed by atoms with E-state index in [9.17, 15) is 18.4 Å². The van der Waals surface area contributed by atoms with Crippen LogP contribution in [-0.2, 0) is 11.8 Å². The smallest absolute Gasteiger partial charge is 0.256 e. The van der Waals surface area contributed by atoms with Gasteiger partial charge < -0.3 is 10.6 Å². The van der Waals surface area contributed by atoms with E-state index < -0.39 is 17.5 Å². The first-order valence-corrected chi connectivity index (χ1v) is 7.98. The Balaban J connectivity index is 1.83. The van der Waals surface area contributed by atoms with E-state index >= 15 is 0 Å². The monoisotopic (exact) mass is 381 g/mol. The van der Waals surface area contributed by atoms with Crippen LogP contribution in [0.25, 0.3) is 11.3 Å². The predicted octanol–water partition coefficient (Wildman–Crippen LogP) is 3.06. The van der Waals surface area contributed by atoms with Gasteiger partial charge in [0.15, 0.2) is 0 Å². The zero-order chi connectivity index (χ0) is 20.3. The maximum atomic E-state index is 14.0. The molecular weight excluding hydrogens is 368 g/mol. The molecule has 0 fully saturated rings. The molecule has 0 spiro atoms. The molecule has 7 nitrogen and oxygen atoms in total. The van der Waals surface area contributed by atoms with Gasteiger partial charge in [-0.1, -0.05) is 6.07 Å². The Bertz CT molecular complexity index is 1120. The lowest BCUT2D eigenvalue weighted by Gasteiger charge is -2.05. The highest BCUT2D eigenvalue weighted by Gasteiger charge is 2.14. The van der Waals surface area contributed by atoms with Crippen LogP contribution in [0.4, 0.5) is 20.3 Å². The summed E-state index contributed by atoms with van der Waals surface area (Å²) in [6.07, 6.45) is 0.373. The van der Waals surface area contributed by atoms with Crippen molar-refractivity contribution in [2.75, 3.05) is 10.6 Å². The number of nitrogens with zero attached hydrogens (tertiary/aromatic N) is 3. The van der Waals surface area contributed by atoms with Crippen molar-refractivity contribution in [3.05, 3.63) is 65.2 Å². The van der Waals surface area contributed by atoms with Gasteiger partial charge in [-0.2, -0.15) is 10.4 Å². The van der Waals surface area contributed by atoms with E-state index in [1.54, 1.807) is 19.2 Å². The standard InChI is InChI=1S/C19H13F2N5O2/c1-26-18(24-19(28)12-2-3-13(9-22)14(20)7-12)8-17(25-26)11-4-5-16(23-10-27)15(21)6-11/h2-8,10H,1H3,(H,23,27)(H,24,28). The maximum absolute atomic E-state index is 14.0. The van der Waals surface area contributed by atoms with Crippen LogP contribution in [-0.4, -0.2) is 22.1 Å². The van der Waals surface area contributed by atoms with Gasteiger partial charge in [-0.3, -0.25) is 14.3 Å². The van der Waals surface area contributed by atoms with Gasteiger partial charge in [0, 0.05) is 24.2 Å². The van der Waals surface area contributed by atoms with Crippen molar-refractivity contribution in [1.29, 1.82) is 5.26 Å². The van der Waals surface area contributed by atoms with Gasteiger partial charge >= 0.3 is 0 Å². The van der Waals surface area contributed by atoms with E-state index in [0.717, 1.165) is 6.07 Å². The van der Waals surface area contributed by atoms with Crippen molar-refractivity contribution in [3.8, 4) is 17.3 Å². The summed E-state index contributed by atoms with van der Waals surface area (Å²) in [5.41, 5.74) is 0.740. The Morgan fingerprint density at radius 2 is 1.96 bits per heavy atom. The first-order chi connectivity index (χ1) is 13.4. The van der Waals surface area contributed by atoms with Crippen molar-refractivity contribution in [3.63, 3.8) is 0 Å². The zero-order valence-electron chi connectivity index (χ0n) is 14.5. The molecule has 28 heavy (non-hydrogen) atoms. The molecule has 0 atom stereocenters. The second-order valence-electron chi connectivity index (χ2n) is 5.76. The molecule has 0 unspecified atom stereocenters. The van der Waals surface area contributed by atoms with Crippen LogP contribution in [0.5, 0.6) is 0 Å². The molecule has 9 heteroatoms. The molecule has 0 saturated heterocycles. The van der Waals surface area contributed by atoms with Crippen LogP contribution in [0.3, 0.4) is 0 Å². The summed E-state index contributed by atoms with van der Waals surface area (Å²) in [5.74, 6) is -1.70. The molecule has 0 aliphatic heterocycles. The topological polar surface area (TPSA) is 99.8 Å². The van der Waals surface area contributed by atoms with Gasteiger partial charge in [0.1, 0.15) is 23.5 Å². The summed E-state index contributed by atoms with van der Waals surface area (Å²) in [6, 6.07) is 10.9. The van der Waals surface area contributed by atoms with Crippen LogP contribution in [0.2, 0.25) is 0 Å². The normalized spacial score (nSPS) is 10.2. The number of carbonyl (C=O) groups excluding carboxylic acids is 2. The highest BCUT2D eigenvalue weighted by molar-refractivity contribution is 6.04. The number of benzene rings is 2. The summed E-state index contributed by atoms with van der Waals surface area (Å²) in [6.45, 7) is 0. The molecule has 0 radical (unpaired) electrons. The molecule has 1 heterocycles. The first-order valence-electron chi connectivity index (χ1n) is 7.98. The molecule has 140 valence electrons. The van der Waals surface area contributed by atoms with Gasteiger partial charge in [0.25, 0.3) is 5.91 Å². The second kappa shape index (κ2) is 7.67. The number of nitriles is 1. The maximum Gasteiger partial charge on any atom is 0.256 e. The number of aryl methyl sites for hydroxylation is 1. The van der Waals surface area contributed by atoms with Gasteiger partial charge in [-0.25, -0.2) is 8.78 Å². The molecule has 3 rings (SSSR count). The number of carbonyl (C=O) groups is 2. The van der Waals surface area contributed by atoms with Crippen molar-refractivity contribution in [2.24, 2.45) is 7.05 Å². The van der Waals surface area contributed by atoms with Crippen LogP contribution < -0.4 is 10.6 Å². The fraction of sp³-hybridized carbons (Fsp3) is 0.0526. The number of amides is 2. The summed E-state index contributed by atoms with van der Waals surface area (Å²) < 4.78 is 29.1. The van der Waals surface area contributed by atoms with Crippen LogP contribution in [0.15, 0.2) is 42.5 Å². The Kier molecular flexibility index (Phi) is 5.13. The van der Waals surface area contributed by atoms with E-state index in [-0.39, 0.29) is 16.8 Å². The average molecular weight is 381 g/mol. The Hall–Kier alpha value is -4.06. The third-order valence-corrected chi connectivity index (χ3v) is 3.95. The van der Waals surface area contributed by atoms with Crippen molar-refractivity contribution in [1.82, 2.24) is 9.78 Å². The van der Waals surface area contributed by atoms with Gasteiger partial charge in [0.05, 0.1) is 16.9 Å². The molecule has 2 N–H and O–H groups in total. The number of hydrogen-bond donors (Lipinski definition) is 2. The lowest BCUT2D eigenvalue weighted by Crippen LogP contribution is -2.14. The second-order valence-corrected chi connectivity index (χ2v) is 5.76. The minimum Gasteiger partial charge on any atom is -0.326 e. The van der Waals surface area contributed by atoms with E-state index in [4.69, 9.17) is 5.26 Å². The van der Waals surface area contributed by atoms with E-state index in [0.29, 0.717) is 23.5 Å². The van der Waals surface area contributed by atoms with Crippen molar-refractivity contribution in [2.45, 2.75) is 0 Å². The highest BCUT2D eigenvalue weighted by Crippen LogP contribution is 2.25. The molecular formula is C19H13F2N5O2. The van der Waals surface area contributed by atoms with Gasteiger partial charge in [-0.15, -0.1) is 0 Å². The van der Waals surface area contributed by atoms with Crippen molar-refractivity contribution >= 4 is 23.8 Å². The van der Waals surface area contributed by atoms with Crippen LogP contribution >= 0.6 is 0 Å². The first kappa shape index (κ1) is 18.7. The third-order valence-electron chi connectivity index (χ3n) is 3.95. The Morgan fingerprint density at radius 3 is 2.61 bits per heavy atom. The molecule has 3 aromatic rings. The highest BCUT2D eigenvalue weighted by atomic mass is 19.1. The number of rotatable bonds is 5. The Morgan fingerprint density at radius 1 is 1.18 bits per heavy atom. The Labute approximate surface area is 158 Å². The molecule has 2 amide bonds. The molecule has 0 bridgehead atoms. The lowest BCUT2D eigenvalue weighted by atomic mass is 10.1. The number of anilines is 2. The molecule has 0 aliphatic carbocycles. The fourth-order valence-electron chi connectivity index (χ4n) is 2.52. The largest absolute Gasteiger partial charge is 0.326 e. The van der Waals surface area contributed by atoms with Crippen molar-refractivity contribution < 1.29 is 18.4 Å². The number of halogens is 2. The number of aromatic nitrogens is 2. The zero-order valence-corrected chi connectivity index (χ0v) is 14.5. The molecule has 2 aromatic carbocycles. The summed E-state index contributed by atoms with van der Waals surface area (Å²) in [7, 11) is 1.58. The number of nitrogens with one attached hydrogen (secondary N) is 2.